The molecule has 0 aliphatic heterocycles. The highest BCUT2D eigenvalue weighted by Crippen LogP contribution is 2.72. The maximum absolute atomic E-state index is 14.8. The fourth-order valence-corrected chi connectivity index (χ4v) is 8.32. The summed E-state index contributed by atoms with van der Waals surface area (Å²) >= 11 is 7.26. The first-order chi connectivity index (χ1) is 14.8. The molecule has 8 atom stereocenters. The van der Waals surface area contributed by atoms with E-state index < -0.39 is 63.4 Å². The molecule has 0 aromatic carbocycles. The van der Waals surface area contributed by atoms with Crippen molar-refractivity contribution in [3.63, 3.8) is 0 Å². The molecular weight excluding hydrogens is 442 g/mol. The van der Waals surface area contributed by atoms with Crippen LogP contribution in [0.25, 0.3) is 0 Å². The normalized spacial score (nSPS) is 47.6. The molecule has 4 aliphatic rings. The molecule has 0 aromatic rings. The van der Waals surface area contributed by atoms with E-state index in [0.717, 1.165) is 0 Å². The van der Waals surface area contributed by atoms with E-state index in [9.17, 15) is 28.3 Å². The number of ketones is 2. The highest BCUT2D eigenvalue weighted by Gasteiger charge is 2.76. The van der Waals surface area contributed by atoms with Gasteiger partial charge in [0.15, 0.2) is 18.1 Å². The molecule has 0 spiro atoms. The van der Waals surface area contributed by atoms with Gasteiger partial charge in [-0.2, -0.15) is 0 Å². The third-order valence-electron chi connectivity index (χ3n) is 9.11. The molecule has 0 bridgehead atoms. The summed E-state index contributed by atoms with van der Waals surface area (Å²) in [5, 5.41) is 11.5. The van der Waals surface area contributed by atoms with Crippen LogP contribution in [-0.2, 0) is 19.1 Å². The van der Waals surface area contributed by atoms with Gasteiger partial charge in [0.2, 0.25) is 11.6 Å². The summed E-state index contributed by atoms with van der Waals surface area (Å²) in [6.45, 7) is 5.17. The lowest BCUT2D eigenvalue weighted by Gasteiger charge is -2.64. The van der Waals surface area contributed by atoms with E-state index in [1.807, 2.05) is 0 Å². The summed E-state index contributed by atoms with van der Waals surface area (Å²) in [5.74, 6) is -4.16. The van der Waals surface area contributed by atoms with Crippen LogP contribution in [0.3, 0.4) is 0 Å². The van der Waals surface area contributed by atoms with E-state index in [0.29, 0.717) is 12.8 Å². The van der Waals surface area contributed by atoms with E-state index in [-0.39, 0.29) is 30.3 Å². The van der Waals surface area contributed by atoms with Gasteiger partial charge in [-0.05, 0) is 49.2 Å². The number of esters is 1. The molecule has 0 unspecified atom stereocenters. The van der Waals surface area contributed by atoms with Gasteiger partial charge in [0.05, 0.1) is 11.0 Å². The average Bonchev–Trinajstić information content (AvgIpc) is 2.93. The van der Waals surface area contributed by atoms with Gasteiger partial charge < -0.3 is 9.84 Å². The zero-order valence-corrected chi connectivity index (χ0v) is 19.5. The van der Waals surface area contributed by atoms with Gasteiger partial charge in [0.1, 0.15) is 0 Å². The van der Waals surface area contributed by atoms with Crippen LogP contribution in [0.15, 0.2) is 23.6 Å². The number of allylic oxidation sites excluding steroid dienone is 4. The zero-order chi connectivity index (χ0) is 23.9. The quantitative estimate of drug-likeness (QED) is 0.498. The monoisotopic (exact) mass is 470 g/mol. The van der Waals surface area contributed by atoms with Crippen LogP contribution in [-0.4, -0.2) is 45.9 Å². The Kier molecular flexibility index (Phi) is 5.30. The first-order valence-corrected chi connectivity index (χ1v) is 11.5. The molecule has 176 valence electrons. The summed E-state index contributed by atoms with van der Waals surface area (Å²) < 4.78 is 34.3. The van der Waals surface area contributed by atoms with Crippen molar-refractivity contribution in [2.75, 3.05) is 6.67 Å². The molecule has 32 heavy (non-hydrogen) atoms. The van der Waals surface area contributed by atoms with Crippen LogP contribution >= 0.6 is 11.6 Å². The van der Waals surface area contributed by atoms with Gasteiger partial charge in [-0.25, -0.2) is 8.78 Å². The second kappa shape index (κ2) is 7.20. The van der Waals surface area contributed by atoms with Crippen molar-refractivity contribution in [1.82, 2.24) is 0 Å². The molecule has 3 fully saturated rings. The van der Waals surface area contributed by atoms with Crippen molar-refractivity contribution in [3.05, 3.63) is 23.6 Å². The molecule has 0 radical (unpaired) electrons. The van der Waals surface area contributed by atoms with Crippen LogP contribution in [0, 0.1) is 28.6 Å². The van der Waals surface area contributed by atoms with Crippen LogP contribution in [0.1, 0.15) is 53.4 Å². The predicted molar refractivity (Wildman–Crippen MR) is 113 cm³/mol. The number of aliphatic hydroxyl groups is 1. The first kappa shape index (κ1) is 23.6. The van der Waals surface area contributed by atoms with Gasteiger partial charge in [0.25, 0.3) is 0 Å². The SMILES string of the molecule is CC(=O)O[C@]1(C(=O)CF)[C@@H](C)C[C@H]2[C@@H]3CCC4=C(F)C(=O)C=C[C@]4(C)[C@@]3(Cl)[C@@H](O)C[C@@]21C. The molecule has 5 nitrogen and oxygen atoms in total. The summed E-state index contributed by atoms with van der Waals surface area (Å²) in [4.78, 5) is 35.7. The van der Waals surface area contributed by atoms with Crippen molar-refractivity contribution in [1.29, 1.82) is 0 Å². The Balaban J connectivity index is 1.88. The van der Waals surface area contributed by atoms with Crippen molar-refractivity contribution in [2.24, 2.45) is 28.6 Å². The van der Waals surface area contributed by atoms with Gasteiger partial charge in [-0.3, -0.25) is 14.4 Å². The number of ether oxygens (including phenoxy) is 1. The number of rotatable bonds is 3. The van der Waals surface area contributed by atoms with Crippen molar-refractivity contribution in [2.45, 2.75) is 70.0 Å². The molecule has 1 N–H and O–H groups in total. The smallest absolute Gasteiger partial charge is 0.303 e. The Morgan fingerprint density at radius 2 is 1.97 bits per heavy atom. The lowest BCUT2D eigenvalue weighted by molar-refractivity contribution is -0.200. The highest BCUT2D eigenvalue weighted by atomic mass is 35.5. The van der Waals surface area contributed by atoms with Crippen molar-refractivity contribution in [3.8, 4) is 0 Å². The minimum absolute atomic E-state index is 0.0205. The fraction of sp³-hybridized carbons (Fsp3) is 0.708. The minimum atomic E-state index is -1.71. The molecule has 8 heteroatoms. The standard InChI is InChI=1S/C24H29ClF2O5/c1-12-9-16-14-5-6-15-20(27)17(29)7-8-21(15,3)23(14,25)18(30)10-22(16,4)24(12,19(31)11-26)32-13(2)28/h7-8,12,14,16,18,30H,5-6,9-11H2,1-4H3/t12-,14-,16-,18-,21-,22-,23-,24-/m0/s1. The molecule has 0 saturated heterocycles. The Morgan fingerprint density at radius 3 is 2.56 bits per heavy atom. The number of hydrogen-bond donors (Lipinski definition) is 1. The maximum atomic E-state index is 14.8. The van der Waals surface area contributed by atoms with Gasteiger partial charge in [-0.15, -0.1) is 11.6 Å². The topological polar surface area (TPSA) is 80.7 Å². The Morgan fingerprint density at radius 1 is 1.31 bits per heavy atom. The predicted octanol–water partition coefficient (Wildman–Crippen LogP) is 4.01. The largest absolute Gasteiger partial charge is 0.450 e. The van der Waals surface area contributed by atoms with Crippen molar-refractivity contribution >= 4 is 29.1 Å². The Hall–Kier alpha value is -1.60. The van der Waals surface area contributed by atoms with E-state index in [4.69, 9.17) is 16.3 Å². The van der Waals surface area contributed by atoms with Gasteiger partial charge in [-0.1, -0.05) is 26.8 Å². The lowest BCUT2D eigenvalue weighted by atomic mass is 9.45. The van der Waals surface area contributed by atoms with Gasteiger partial charge >= 0.3 is 5.97 Å². The lowest BCUT2D eigenvalue weighted by Crippen LogP contribution is -2.69. The molecule has 0 heterocycles. The zero-order valence-electron chi connectivity index (χ0n) is 18.7. The van der Waals surface area contributed by atoms with Crippen LogP contribution in [0.2, 0.25) is 0 Å². The molecule has 0 aromatic heterocycles. The number of carbonyl (C=O) groups excluding carboxylic acids is 3. The second-order valence-corrected chi connectivity index (χ2v) is 11.0. The average molecular weight is 471 g/mol. The third-order valence-corrected chi connectivity index (χ3v) is 10.0. The summed E-state index contributed by atoms with van der Waals surface area (Å²) in [7, 11) is 0. The summed E-state index contributed by atoms with van der Waals surface area (Å²) in [6, 6.07) is 0. The Bertz CT molecular complexity index is 962. The second-order valence-electron chi connectivity index (χ2n) is 10.4. The van der Waals surface area contributed by atoms with Crippen LogP contribution in [0.4, 0.5) is 8.78 Å². The third kappa shape index (κ3) is 2.55. The number of halogens is 3. The molecule has 3 saturated carbocycles. The number of carbonyl (C=O) groups is 3. The molecule has 0 amide bonds. The first-order valence-electron chi connectivity index (χ1n) is 11.1. The van der Waals surface area contributed by atoms with E-state index >= 15 is 0 Å². The Labute approximate surface area is 191 Å². The number of fused-ring (bicyclic) bond motifs is 5. The van der Waals surface area contributed by atoms with Crippen LogP contribution in [0.5, 0.6) is 0 Å². The van der Waals surface area contributed by atoms with Gasteiger partial charge in [0, 0.05) is 23.7 Å². The molecular formula is C24H29ClF2O5. The summed E-state index contributed by atoms with van der Waals surface area (Å²) in [5.41, 5.74) is -3.57. The summed E-state index contributed by atoms with van der Waals surface area (Å²) in [6.07, 6.45) is 2.64. The van der Waals surface area contributed by atoms with E-state index in [1.54, 1.807) is 26.8 Å². The maximum Gasteiger partial charge on any atom is 0.303 e. The number of aliphatic hydroxyl groups excluding tert-OH is 1. The number of alkyl halides is 2. The highest BCUT2D eigenvalue weighted by molar-refractivity contribution is 6.26. The minimum Gasteiger partial charge on any atom is -0.450 e. The number of Topliss-reactive ketones (excluding diaryl/α,β-unsaturated/α-hetero) is 1. The molecule has 4 aliphatic carbocycles. The molecule has 4 rings (SSSR count). The number of hydrogen-bond acceptors (Lipinski definition) is 5. The van der Waals surface area contributed by atoms with E-state index in [1.165, 1.54) is 13.0 Å². The van der Waals surface area contributed by atoms with Crippen LogP contribution < -0.4 is 0 Å². The fourth-order valence-electron chi connectivity index (χ4n) is 7.80. The van der Waals surface area contributed by atoms with E-state index in [2.05, 4.69) is 0 Å². The van der Waals surface area contributed by atoms with Crippen molar-refractivity contribution < 1.29 is 33.0 Å².